The number of fused-ring (bicyclic) bond motifs is 4. The number of nitrogens with one attached hydrogen (secondary N) is 2. The first kappa shape index (κ1) is 70.5. The number of alkyl halides is 9. The Morgan fingerprint density at radius 1 is 0.416 bits per heavy atom. The normalized spacial score (nSPS) is 22.1. The van der Waals surface area contributed by atoms with Crippen LogP contribution in [0.5, 0.6) is 0 Å². The smallest absolute Gasteiger partial charge is 0.416 e. The van der Waals surface area contributed by atoms with Crippen LogP contribution in [0.25, 0.3) is 0 Å². The quantitative estimate of drug-likeness (QED) is 0.0506. The number of hydrogen-bond donors (Lipinski definition) is 4. The number of carbonyl (C=O) groups is 8. The first-order valence-electron chi connectivity index (χ1n) is 32.4. The van der Waals surface area contributed by atoms with Crippen molar-refractivity contribution in [1.82, 2.24) is 10.8 Å². The largest absolute Gasteiger partial charge is 0.478 e. The summed E-state index contributed by atoms with van der Waals surface area (Å²) in [5.41, 5.74) is 6.93. The summed E-state index contributed by atoms with van der Waals surface area (Å²) < 4.78 is 125. The molecule has 4 saturated heterocycles. The second-order valence-electron chi connectivity index (χ2n) is 26.8. The Morgan fingerprint density at radius 2 is 0.713 bits per heavy atom. The van der Waals surface area contributed by atoms with Crippen molar-refractivity contribution in [3.05, 3.63) is 229 Å². The van der Waals surface area contributed by atoms with E-state index in [0.717, 1.165) is 94.7 Å². The number of aromatic carboxylic acids is 1. The minimum atomic E-state index is -4.43. The van der Waals surface area contributed by atoms with Crippen molar-refractivity contribution >= 4 is 64.5 Å². The van der Waals surface area contributed by atoms with E-state index in [2.05, 4.69) is 5.32 Å². The molecule has 0 saturated carbocycles. The molecule has 5 amide bonds. The summed E-state index contributed by atoms with van der Waals surface area (Å²) in [5, 5.41) is 21.2. The number of carbonyl (C=O) groups excluding carboxylic acids is 7. The van der Waals surface area contributed by atoms with Crippen LogP contribution in [-0.4, -0.2) is 98.2 Å². The lowest BCUT2D eigenvalue weighted by molar-refractivity contribution is -0.138. The van der Waals surface area contributed by atoms with E-state index in [0.29, 0.717) is 123 Å². The van der Waals surface area contributed by atoms with Gasteiger partial charge in [0.05, 0.1) is 69.3 Å². The molecule has 4 heterocycles. The summed E-state index contributed by atoms with van der Waals surface area (Å²) in [4.78, 5) is 103. The number of carboxylic acid groups (broad SMARTS) is 1. The van der Waals surface area contributed by atoms with Crippen LogP contribution in [0.2, 0.25) is 0 Å². The van der Waals surface area contributed by atoms with E-state index in [-0.39, 0.29) is 40.6 Å². The number of methoxy groups -OCH3 is 2. The van der Waals surface area contributed by atoms with Gasteiger partial charge in [-0.3, -0.25) is 29.2 Å². The summed E-state index contributed by atoms with van der Waals surface area (Å²) in [5.74, 6) is -2.70. The van der Waals surface area contributed by atoms with Crippen LogP contribution in [0.3, 0.4) is 0 Å². The van der Waals surface area contributed by atoms with Gasteiger partial charge in [0.2, 0.25) is 23.6 Å². The van der Waals surface area contributed by atoms with E-state index in [1.807, 2.05) is 30.3 Å². The molecule has 4 spiro atoms. The van der Waals surface area contributed by atoms with Crippen LogP contribution in [-0.2, 0) is 98.5 Å². The Kier molecular flexibility index (Phi) is 18.6. The second kappa shape index (κ2) is 26.6. The van der Waals surface area contributed by atoms with Crippen molar-refractivity contribution in [3.63, 3.8) is 0 Å². The maximum atomic E-state index is 13.2. The Morgan fingerprint density at radius 3 is 1.01 bits per heavy atom. The number of anilines is 3. The molecule has 26 heteroatoms. The standard InChI is InChI=1S/C21H18F3NO3.C20H17F3N2O3.C20H16F3NO3.C14H15NO3/c1-28-18(26)16-4-2-3-13-11-20(12-17(13)16)9-10-25(19(20)27)15-7-5-14(6-8-15)21(22,23)24;21-20(22,23)13-4-6-14(7-5-13)25-9-8-19(18(25)27)10-12-2-1-3-15(16(12)11-19)17(26)24-28;21-20(22,23)13-4-6-14(7-5-13)24-9-8-19(18(24)27)10-12-2-1-3-15(17(25)26)16(12)11-19;1-18-12(16)10-4-2-3-9-7-14(8-11(9)10)5-6-15-13(14)17/h2-8H,9-12H2,1H3;1-7,28H,8-11H2,(H,24,26);1-7H,8-11H2,(H,25,26);2-4H,5-8H2,1H3,(H,15,17). The van der Waals surface area contributed by atoms with Gasteiger partial charge >= 0.3 is 36.4 Å². The highest BCUT2D eigenvalue weighted by molar-refractivity contribution is 6.04. The monoisotopic (exact) mass is 1400 g/mol. The lowest BCUT2D eigenvalue weighted by atomic mass is 9.83. The van der Waals surface area contributed by atoms with Gasteiger partial charge < -0.3 is 34.6 Å². The highest BCUT2D eigenvalue weighted by atomic mass is 19.4. The molecule has 0 bridgehead atoms. The fourth-order valence-electron chi connectivity index (χ4n) is 15.9. The van der Waals surface area contributed by atoms with E-state index in [4.69, 9.17) is 14.7 Å². The molecule has 4 aliphatic heterocycles. The minimum Gasteiger partial charge on any atom is -0.478 e. The molecule has 4 fully saturated rings. The average Bonchev–Trinajstić information content (AvgIpc) is 1.61. The van der Waals surface area contributed by atoms with E-state index < -0.39 is 69.3 Å². The van der Waals surface area contributed by atoms with Gasteiger partial charge in [0, 0.05) is 48.8 Å². The molecule has 4 unspecified atom stereocenters. The molecule has 7 aromatic carbocycles. The van der Waals surface area contributed by atoms with Crippen LogP contribution >= 0.6 is 0 Å². The Bertz CT molecular complexity index is 4350. The summed E-state index contributed by atoms with van der Waals surface area (Å²) in [7, 11) is 2.70. The number of amides is 5. The second-order valence-corrected chi connectivity index (χ2v) is 26.8. The molecule has 4 atom stereocenters. The van der Waals surface area contributed by atoms with Gasteiger partial charge in [-0.05, 0) is 219 Å². The average molecular weight is 1400 g/mol. The number of nitrogens with zero attached hydrogens (tertiary/aromatic N) is 3. The number of esters is 2. The number of ether oxygens (including phenoxy) is 2. The van der Waals surface area contributed by atoms with Gasteiger partial charge in [-0.15, -0.1) is 0 Å². The zero-order valence-corrected chi connectivity index (χ0v) is 54.4. The van der Waals surface area contributed by atoms with Gasteiger partial charge in [0.15, 0.2) is 0 Å². The van der Waals surface area contributed by atoms with Crippen molar-refractivity contribution in [2.45, 2.75) is 95.6 Å². The van der Waals surface area contributed by atoms with Crippen molar-refractivity contribution in [1.29, 1.82) is 0 Å². The number of carboxylic acids is 1. The van der Waals surface area contributed by atoms with Crippen molar-refractivity contribution < 1.29 is 97.7 Å². The molecular weight excluding hydrogens is 1330 g/mol. The minimum absolute atomic E-state index is 0.112. The highest BCUT2D eigenvalue weighted by Gasteiger charge is 2.55. The summed E-state index contributed by atoms with van der Waals surface area (Å²) in [6, 6.07) is 35.0. The maximum absolute atomic E-state index is 13.2. The lowest BCUT2D eigenvalue weighted by Crippen LogP contribution is -2.35. The van der Waals surface area contributed by atoms with Crippen molar-refractivity contribution in [2.75, 3.05) is 55.1 Å². The molecule has 0 aromatic heterocycles. The van der Waals surface area contributed by atoms with Crippen molar-refractivity contribution in [3.8, 4) is 0 Å². The van der Waals surface area contributed by atoms with Crippen LogP contribution in [0, 0.1) is 21.7 Å². The molecule has 8 aliphatic rings. The fraction of sp³-hybridized carbons (Fsp3) is 0.333. The first-order chi connectivity index (χ1) is 47.9. The molecule has 526 valence electrons. The summed E-state index contributed by atoms with van der Waals surface area (Å²) in [6.45, 7) is 1.98. The Labute approximate surface area is 572 Å². The third-order valence-electron chi connectivity index (χ3n) is 21.1. The van der Waals surface area contributed by atoms with Crippen LogP contribution < -0.4 is 25.5 Å². The van der Waals surface area contributed by atoms with E-state index >= 15 is 0 Å². The zero-order chi connectivity index (χ0) is 72.4. The lowest BCUT2D eigenvalue weighted by Gasteiger charge is -2.23. The van der Waals surface area contributed by atoms with Gasteiger partial charge in [0.1, 0.15) is 0 Å². The molecule has 17 nitrogen and oxygen atoms in total. The topological polar surface area (TPSA) is 229 Å². The molecule has 7 aromatic rings. The predicted octanol–water partition coefficient (Wildman–Crippen LogP) is 12.4. The molecule has 4 aliphatic carbocycles. The van der Waals surface area contributed by atoms with Gasteiger partial charge in [0.25, 0.3) is 5.91 Å². The van der Waals surface area contributed by atoms with Gasteiger partial charge in [-0.2, -0.15) is 39.5 Å². The molecule has 101 heavy (non-hydrogen) atoms. The van der Waals surface area contributed by atoms with Crippen LogP contribution in [0.15, 0.2) is 146 Å². The van der Waals surface area contributed by atoms with Gasteiger partial charge in [-0.1, -0.05) is 48.5 Å². The van der Waals surface area contributed by atoms with E-state index in [1.54, 1.807) is 46.8 Å². The summed E-state index contributed by atoms with van der Waals surface area (Å²) >= 11 is 0. The first-order valence-corrected chi connectivity index (χ1v) is 32.4. The Balaban J connectivity index is 0.000000129. The van der Waals surface area contributed by atoms with Gasteiger partial charge in [-0.25, -0.2) is 19.9 Å². The summed E-state index contributed by atoms with van der Waals surface area (Å²) in [6.07, 6.45) is -6.77. The highest BCUT2D eigenvalue weighted by Crippen LogP contribution is 2.51. The number of hydrogen-bond acceptors (Lipinski definition) is 11. The molecule has 0 radical (unpaired) electrons. The van der Waals surface area contributed by atoms with Crippen LogP contribution in [0.4, 0.5) is 56.6 Å². The van der Waals surface area contributed by atoms with Crippen molar-refractivity contribution in [2.24, 2.45) is 21.7 Å². The number of halogens is 9. The Hall–Kier alpha value is -10.4. The maximum Gasteiger partial charge on any atom is 0.416 e. The fourth-order valence-corrected chi connectivity index (χ4v) is 15.9. The predicted molar refractivity (Wildman–Crippen MR) is 347 cm³/mol. The molecule has 4 N–H and O–H groups in total. The SMILES string of the molecule is COC(=O)c1cccc2c1CC1(CCN(c3ccc(C(F)(F)F)cc3)C1=O)C2.COC(=O)c1cccc2c1CC1(CCNC1=O)C2.O=C(NO)c1cccc2c1CC1(CCN(c3ccc(C(F)(F)F)cc3)C1=O)C2.O=C(O)c1cccc2c1CC1(CCN(c3ccc(C(F)(F)F)cc3)C1=O)C2. The number of benzene rings is 7. The van der Waals surface area contributed by atoms with Crippen LogP contribution in [0.1, 0.15) is 128 Å². The number of hydroxylamine groups is 1. The molecule has 15 rings (SSSR count). The molecular formula is C75H66F9N5O12. The third kappa shape index (κ3) is 13.2. The zero-order valence-electron chi connectivity index (χ0n) is 54.4. The van der Waals surface area contributed by atoms with E-state index in [9.17, 15) is 83.0 Å². The van der Waals surface area contributed by atoms with E-state index in [1.165, 1.54) is 66.5 Å². The third-order valence-corrected chi connectivity index (χ3v) is 21.1. The number of rotatable bonds is 7.